The van der Waals surface area contributed by atoms with E-state index in [1.807, 2.05) is 25.1 Å². The second-order valence-electron chi connectivity index (χ2n) is 9.58. The summed E-state index contributed by atoms with van der Waals surface area (Å²) in [6.45, 7) is 10.4. The van der Waals surface area contributed by atoms with Gasteiger partial charge in [0, 0.05) is 44.0 Å². The maximum atomic E-state index is 12.1. The van der Waals surface area contributed by atoms with Gasteiger partial charge in [0.25, 0.3) is 5.91 Å². The molecule has 2 aromatic rings. The van der Waals surface area contributed by atoms with Crippen LogP contribution in [0, 0.1) is 12.3 Å². The lowest BCUT2D eigenvalue weighted by Gasteiger charge is -2.24. The molecule has 178 valence electrons. The number of carbonyl (C=O) groups excluding carboxylic acids is 1. The fourth-order valence-corrected chi connectivity index (χ4v) is 4.75. The first kappa shape index (κ1) is 23.2. The van der Waals surface area contributed by atoms with Crippen LogP contribution in [0.1, 0.15) is 55.5 Å². The van der Waals surface area contributed by atoms with E-state index in [-0.39, 0.29) is 11.3 Å². The fraction of sp³-hybridized carbons (Fsp3) is 0.583. The highest BCUT2D eigenvalue weighted by Gasteiger charge is 2.34. The number of rotatable bonds is 8. The molecule has 1 aromatic heterocycles. The molecule has 4 rings (SSSR count). The molecule has 0 spiro atoms. The van der Waals surface area contributed by atoms with Crippen LogP contribution in [0.3, 0.4) is 0 Å². The molecule has 3 heterocycles. The third-order valence-electron chi connectivity index (χ3n) is 6.68. The SMILES string of the molecule is CCCC1(C)CCN(c2nc(Nc3cc(C(=O)NC)ccc3C)nc(N[C@@H]3CCNC3)n2)C1. The van der Waals surface area contributed by atoms with Crippen LogP contribution in [0.4, 0.5) is 23.5 Å². The third-order valence-corrected chi connectivity index (χ3v) is 6.68. The predicted octanol–water partition coefficient (Wildman–Crippen LogP) is 3.07. The van der Waals surface area contributed by atoms with E-state index in [0.29, 0.717) is 29.5 Å². The Morgan fingerprint density at radius 2 is 2.09 bits per heavy atom. The number of aryl methyl sites for hydroxylation is 1. The van der Waals surface area contributed by atoms with Crippen LogP contribution in [0.2, 0.25) is 0 Å². The Morgan fingerprint density at radius 3 is 2.82 bits per heavy atom. The Kier molecular flexibility index (Phi) is 6.97. The van der Waals surface area contributed by atoms with Crippen molar-refractivity contribution in [2.75, 3.05) is 48.8 Å². The van der Waals surface area contributed by atoms with Gasteiger partial charge in [0.05, 0.1) is 0 Å². The largest absolute Gasteiger partial charge is 0.355 e. The second-order valence-corrected chi connectivity index (χ2v) is 9.58. The maximum Gasteiger partial charge on any atom is 0.251 e. The molecule has 0 saturated carbocycles. The van der Waals surface area contributed by atoms with Gasteiger partial charge < -0.3 is 26.2 Å². The van der Waals surface area contributed by atoms with Gasteiger partial charge in [0.2, 0.25) is 17.8 Å². The quantitative estimate of drug-likeness (QED) is 0.484. The summed E-state index contributed by atoms with van der Waals surface area (Å²) < 4.78 is 0. The number of benzene rings is 1. The molecule has 0 radical (unpaired) electrons. The molecule has 9 heteroatoms. The van der Waals surface area contributed by atoms with Gasteiger partial charge in [-0.15, -0.1) is 0 Å². The van der Waals surface area contributed by atoms with Crippen molar-refractivity contribution in [2.24, 2.45) is 5.41 Å². The minimum Gasteiger partial charge on any atom is -0.355 e. The highest BCUT2D eigenvalue weighted by atomic mass is 16.1. The fourth-order valence-electron chi connectivity index (χ4n) is 4.75. The molecule has 2 aliphatic heterocycles. The number of aromatic nitrogens is 3. The lowest BCUT2D eigenvalue weighted by Crippen LogP contribution is -2.28. The summed E-state index contributed by atoms with van der Waals surface area (Å²) in [4.78, 5) is 28.6. The van der Waals surface area contributed by atoms with Crippen molar-refractivity contribution >= 4 is 29.4 Å². The van der Waals surface area contributed by atoms with E-state index in [0.717, 1.165) is 50.3 Å². The molecule has 33 heavy (non-hydrogen) atoms. The molecule has 0 bridgehead atoms. The molecule has 0 aliphatic carbocycles. The Bertz CT molecular complexity index is 990. The van der Waals surface area contributed by atoms with Gasteiger partial charge in [-0.2, -0.15) is 15.0 Å². The van der Waals surface area contributed by atoms with Gasteiger partial charge in [-0.3, -0.25) is 4.79 Å². The van der Waals surface area contributed by atoms with E-state index in [1.165, 1.54) is 12.8 Å². The molecule has 2 atom stereocenters. The number of hydrogen-bond acceptors (Lipinski definition) is 8. The molecule has 2 fully saturated rings. The van der Waals surface area contributed by atoms with Gasteiger partial charge >= 0.3 is 0 Å². The first-order valence-corrected chi connectivity index (χ1v) is 12.0. The van der Waals surface area contributed by atoms with E-state index in [2.05, 4.69) is 45.0 Å². The van der Waals surface area contributed by atoms with Crippen LogP contribution in [0.15, 0.2) is 18.2 Å². The number of nitrogens with one attached hydrogen (secondary N) is 4. The van der Waals surface area contributed by atoms with Crippen molar-refractivity contribution in [1.29, 1.82) is 0 Å². The van der Waals surface area contributed by atoms with Crippen LogP contribution >= 0.6 is 0 Å². The Balaban J connectivity index is 1.63. The Labute approximate surface area is 196 Å². The smallest absolute Gasteiger partial charge is 0.251 e. The molecule has 4 N–H and O–H groups in total. The summed E-state index contributed by atoms with van der Waals surface area (Å²) in [7, 11) is 1.63. The molecular formula is C24H36N8O. The standard InChI is InChI=1S/C24H36N8O/c1-5-9-24(3)10-12-32(15-24)23-30-21(27-18-8-11-26-14-18)29-22(31-23)28-19-13-17(20(33)25-4)7-6-16(19)2/h6-7,13,18,26H,5,8-12,14-15H2,1-4H3,(H,25,33)(H2,27,28,29,30,31)/t18-,24?/m1/s1. The van der Waals surface area contributed by atoms with Gasteiger partial charge in [-0.05, 0) is 55.8 Å². The predicted molar refractivity (Wildman–Crippen MR) is 132 cm³/mol. The molecule has 1 aromatic carbocycles. The summed E-state index contributed by atoms with van der Waals surface area (Å²) in [5, 5.41) is 12.9. The minimum absolute atomic E-state index is 0.127. The van der Waals surface area contributed by atoms with Crippen LogP contribution in [-0.2, 0) is 0 Å². The van der Waals surface area contributed by atoms with E-state index in [1.54, 1.807) is 7.05 Å². The van der Waals surface area contributed by atoms with Gasteiger partial charge in [-0.25, -0.2) is 0 Å². The number of nitrogens with zero attached hydrogens (tertiary/aromatic N) is 4. The van der Waals surface area contributed by atoms with Gasteiger partial charge in [-0.1, -0.05) is 26.3 Å². The van der Waals surface area contributed by atoms with Gasteiger partial charge in [0.15, 0.2) is 0 Å². The number of anilines is 4. The number of amides is 1. The van der Waals surface area contributed by atoms with Crippen LogP contribution in [-0.4, -0.2) is 60.1 Å². The van der Waals surface area contributed by atoms with E-state index < -0.39 is 0 Å². The zero-order valence-electron chi connectivity index (χ0n) is 20.2. The Hall–Kier alpha value is -2.94. The summed E-state index contributed by atoms with van der Waals surface area (Å²) >= 11 is 0. The highest BCUT2D eigenvalue weighted by molar-refractivity contribution is 5.95. The topological polar surface area (TPSA) is 107 Å². The van der Waals surface area contributed by atoms with Crippen LogP contribution in [0.5, 0.6) is 0 Å². The van der Waals surface area contributed by atoms with Crippen molar-refractivity contribution in [1.82, 2.24) is 25.6 Å². The Morgan fingerprint density at radius 1 is 1.27 bits per heavy atom. The molecule has 9 nitrogen and oxygen atoms in total. The number of carbonyl (C=O) groups is 1. The monoisotopic (exact) mass is 452 g/mol. The highest BCUT2D eigenvalue weighted by Crippen LogP contribution is 2.36. The average Bonchev–Trinajstić information content (AvgIpc) is 3.44. The average molecular weight is 453 g/mol. The zero-order valence-corrected chi connectivity index (χ0v) is 20.2. The van der Waals surface area contributed by atoms with Crippen molar-refractivity contribution in [3.63, 3.8) is 0 Å². The zero-order chi connectivity index (χ0) is 23.4. The summed E-state index contributed by atoms with van der Waals surface area (Å²) in [5.41, 5.74) is 2.69. The summed E-state index contributed by atoms with van der Waals surface area (Å²) in [6.07, 6.45) is 4.55. The van der Waals surface area contributed by atoms with E-state index in [9.17, 15) is 4.79 Å². The van der Waals surface area contributed by atoms with Gasteiger partial charge in [0.1, 0.15) is 0 Å². The van der Waals surface area contributed by atoms with Crippen LogP contribution < -0.4 is 26.2 Å². The first-order valence-electron chi connectivity index (χ1n) is 12.0. The van der Waals surface area contributed by atoms with E-state index in [4.69, 9.17) is 9.97 Å². The maximum absolute atomic E-state index is 12.1. The van der Waals surface area contributed by atoms with Crippen molar-refractivity contribution in [2.45, 2.75) is 52.5 Å². The molecule has 2 aliphatic rings. The van der Waals surface area contributed by atoms with Crippen LogP contribution in [0.25, 0.3) is 0 Å². The van der Waals surface area contributed by atoms with Crippen molar-refractivity contribution in [3.05, 3.63) is 29.3 Å². The lowest BCUT2D eigenvalue weighted by atomic mass is 9.85. The molecular weight excluding hydrogens is 416 g/mol. The molecule has 2 saturated heterocycles. The van der Waals surface area contributed by atoms with E-state index >= 15 is 0 Å². The third kappa shape index (κ3) is 5.52. The number of hydrogen-bond donors (Lipinski definition) is 4. The molecule has 1 amide bonds. The minimum atomic E-state index is -0.127. The summed E-state index contributed by atoms with van der Waals surface area (Å²) in [6, 6.07) is 5.88. The summed E-state index contributed by atoms with van der Waals surface area (Å²) in [5.74, 6) is 1.63. The normalized spacial score (nSPS) is 22.4. The first-order chi connectivity index (χ1) is 15.9. The second kappa shape index (κ2) is 9.91. The van der Waals surface area contributed by atoms with Crippen molar-refractivity contribution in [3.8, 4) is 0 Å². The van der Waals surface area contributed by atoms with Crippen molar-refractivity contribution < 1.29 is 4.79 Å². The molecule has 1 unspecified atom stereocenters. The lowest BCUT2D eigenvalue weighted by molar-refractivity contribution is 0.0963.